The second-order valence-corrected chi connectivity index (χ2v) is 8.08. The number of carbonyl (C=O) groups excluding carboxylic acids is 1. The number of nitrogens with zero attached hydrogens (tertiary/aromatic N) is 3. The van der Waals surface area contributed by atoms with Crippen LogP contribution in [0, 0.1) is 0 Å². The Hall–Kier alpha value is -1.80. The Morgan fingerprint density at radius 2 is 2.00 bits per heavy atom. The van der Waals surface area contributed by atoms with Crippen LogP contribution in [0.5, 0.6) is 5.75 Å². The molecule has 1 aromatic heterocycles. The van der Waals surface area contributed by atoms with Crippen LogP contribution in [0.1, 0.15) is 19.8 Å². The van der Waals surface area contributed by atoms with Gasteiger partial charge in [0, 0.05) is 18.8 Å². The molecule has 3 rings (SSSR count). The third kappa shape index (κ3) is 4.18. The standard InChI is InChI=1S/C16H20N4O2S2/c1-11(14(21)20-9-3-4-10-20)23-16-19-18-15(24-16)17-12-5-7-13(22-2)8-6-12/h5-8,11H,3-4,9-10H2,1-2H3,(H,17,18)/t11-/m1/s1. The van der Waals surface area contributed by atoms with Gasteiger partial charge in [-0.2, -0.15) is 0 Å². The van der Waals surface area contributed by atoms with Crippen LogP contribution in [0.25, 0.3) is 0 Å². The molecule has 1 amide bonds. The number of anilines is 2. The number of ether oxygens (including phenoxy) is 1. The largest absolute Gasteiger partial charge is 0.497 e. The summed E-state index contributed by atoms with van der Waals surface area (Å²) in [5.74, 6) is 1.00. The maximum atomic E-state index is 12.3. The lowest BCUT2D eigenvalue weighted by molar-refractivity contribution is -0.129. The third-order valence-electron chi connectivity index (χ3n) is 3.79. The molecule has 1 N–H and O–H groups in total. The van der Waals surface area contributed by atoms with Crippen molar-refractivity contribution in [3.05, 3.63) is 24.3 Å². The van der Waals surface area contributed by atoms with Crippen LogP contribution < -0.4 is 10.1 Å². The molecule has 0 saturated carbocycles. The predicted molar refractivity (Wildman–Crippen MR) is 97.3 cm³/mol. The molecule has 128 valence electrons. The highest BCUT2D eigenvalue weighted by atomic mass is 32.2. The average Bonchev–Trinajstić information content (AvgIpc) is 3.27. The number of hydrogen-bond donors (Lipinski definition) is 1. The van der Waals surface area contributed by atoms with Crippen molar-refractivity contribution < 1.29 is 9.53 Å². The van der Waals surface area contributed by atoms with Crippen LogP contribution in [0.3, 0.4) is 0 Å². The zero-order valence-corrected chi connectivity index (χ0v) is 15.3. The number of benzene rings is 1. The number of methoxy groups -OCH3 is 1. The minimum Gasteiger partial charge on any atom is -0.497 e. The number of thioether (sulfide) groups is 1. The maximum absolute atomic E-state index is 12.3. The molecule has 2 heterocycles. The first-order chi connectivity index (χ1) is 11.7. The monoisotopic (exact) mass is 364 g/mol. The lowest BCUT2D eigenvalue weighted by Gasteiger charge is -2.18. The molecular formula is C16H20N4O2S2. The van der Waals surface area contributed by atoms with Crippen LogP contribution in [0.4, 0.5) is 10.8 Å². The number of amides is 1. The second kappa shape index (κ2) is 7.85. The summed E-state index contributed by atoms with van der Waals surface area (Å²) in [6.45, 7) is 3.69. The number of nitrogens with one attached hydrogen (secondary N) is 1. The van der Waals surface area contributed by atoms with Crippen molar-refractivity contribution in [2.24, 2.45) is 0 Å². The first-order valence-corrected chi connectivity index (χ1v) is 9.55. The van der Waals surface area contributed by atoms with Gasteiger partial charge in [0.05, 0.1) is 12.4 Å². The molecule has 1 aliphatic rings. The van der Waals surface area contributed by atoms with Crippen LogP contribution in [0.2, 0.25) is 0 Å². The number of carbonyl (C=O) groups is 1. The summed E-state index contributed by atoms with van der Waals surface area (Å²) in [7, 11) is 1.64. The molecule has 0 spiro atoms. The van der Waals surface area contributed by atoms with Gasteiger partial charge >= 0.3 is 0 Å². The van der Waals surface area contributed by atoms with E-state index in [2.05, 4.69) is 15.5 Å². The zero-order chi connectivity index (χ0) is 16.9. The van der Waals surface area contributed by atoms with Crippen molar-refractivity contribution in [1.29, 1.82) is 0 Å². The average molecular weight is 364 g/mol. The number of rotatable bonds is 6. The van der Waals surface area contributed by atoms with Crippen molar-refractivity contribution in [2.75, 3.05) is 25.5 Å². The van der Waals surface area contributed by atoms with Gasteiger partial charge in [0.25, 0.3) is 0 Å². The van der Waals surface area contributed by atoms with Gasteiger partial charge in [-0.05, 0) is 44.0 Å². The molecule has 8 heteroatoms. The quantitative estimate of drug-likeness (QED) is 0.793. The molecule has 6 nitrogen and oxygen atoms in total. The summed E-state index contributed by atoms with van der Waals surface area (Å²) in [5, 5.41) is 12.1. The molecule has 1 aromatic carbocycles. The van der Waals surface area contributed by atoms with Crippen LogP contribution in [0.15, 0.2) is 28.6 Å². The Balaban J connectivity index is 1.57. The molecule has 2 aromatic rings. The van der Waals surface area contributed by atoms with E-state index in [0.717, 1.165) is 41.7 Å². The minimum absolute atomic E-state index is 0.134. The van der Waals surface area contributed by atoms with Gasteiger partial charge in [-0.25, -0.2) is 0 Å². The topological polar surface area (TPSA) is 67.3 Å². The van der Waals surface area contributed by atoms with E-state index < -0.39 is 0 Å². The Morgan fingerprint density at radius 1 is 1.29 bits per heavy atom. The van der Waals surface area contributed by atoms with E-state index >= 15 is 0 Å². The van der Waals surface area contributed by atoms with Crippen LogP contribution in [-0.4, -0.2) is 46.5 Å². The van der Waals surface area contributed by atoms with Crippen LogP contribution >= 0.6 is 23.1 Å². The van der Waals surface area contributed by atoms with Crippen molar-refractivity contribution in [3.63, 3.8) is 0 Å². The summed E-state index contributed by atoms with van der Waals surface area (Å²) >= 11 is 2.92. The van der Waals surface area contributed by atoms with E-state index in [0.29, 0.717) is 5.13 Å². The molecule has 1 fully saturated rings. The summed E-state index contributed by atoms with van der Waals surface area (Å²) in [6, 6.07) is 7.62. The SMILES string of the molecule is COc1ccc(Nc2nnc(S[C@H](C)C(=O)N3CCCC3)s2)cc1. The van der Waals surface area contributed by atoms with Gasteiger partial charge in [-0.1, -0.05) is 23.1 Å². The fourth-order valence-corrected chi connectivity index (χ4v) is 4.50. The maximum Gasteiger partial charge on any atom is 0.235 e. The van der Waals surface area contributed by atoms with E-state index in [-0.39, 0.29) is 11.2 Å². The van der Waals surface area contributed by atoms with Gasteiger partial charge in [0.2, 0.25) is 11.0 Å². The highest BCUT2D eigenvalue weighted by Gasteiger charge is 2.25. The molecule has 0 bridgehead atoms. The lowest BCUT2D eigenvalue weighted by atomic mass is 10.3. The van der Waals surface area contributed by atoms with E-state index in [1.54, 1.807) is 7.11 Å². The lowest BCUT2D eigenvalue weighted by Crippen LogP contribution is -2.33. The molecule has 1 saturated heterocycles. The third-order valence-corrected chi connectivity index (χ3v) is 5.80. The van der Waals surface area contributed by atoms with E-state index in [4.69, 9.17) is 4.74 Å². The second-order valence-electron chi connectivity index (χ2n) is 5.52. The smallest absolute Gasteiger partial charge is 0.235 e. The molecule has 0 aliphatic carbocycles. The van der Waals surface area contributed by atoms with Crippen LogP contribution in [-0.2, 0) is 4.79 Å². The van der Waals surface area contributed by atoms with E-state index in [1.807, 2.05) is 36.1 Å². The number of likely N-dealkylation sites (tertiary alicyclic amines) is 1. The fourth-order valence-electron chi connectivity index (χ4n) is 2.50. The fraction of sp³-hybridized carbons (Fsp3) is 0.438. The van der Waals surface area contributed by atoms with Crippen molar-refractivity contribution in [3.8, 4) is 5.75 Å². The highest BCUT2D eigenvalue weighted by molar-refractivity contribution is 8.02. The van der Waals surface area contributed by atoms with Gasteiger partial charge in [-0.15, -0.1) is 10.2 Å². The molecular weight excluding hydrogens is 344 g/mol. The summed E-state index contributed by atoms with van der Waals surface area (Å²) in [5.41, 5.74) is 0.921. The predicted octanol–water partition coefficient (Wildman–Crippen LogP) is 3.39. The molecule has 0 radical (unpaired) electrons. The van der Waals surface area contributed by atoms with Crippen molar-refractivity contribution >= 4 is 39.8 Å². The van der Waals surface area contributed by atoms with Gasteiger partial charge in [0.15, 0.2) is 4.34 Å². The van der Waals surface area contributed by atoms with Crippen molar-refractivity contribution in [2.45, 2.75) is 29.4 Å². The Kier molecular flexibility index (Phi) is 5.57. The Bertz CT molecular complexity index is 684. The normalized spacial score (nSPS) is 15.3. The number of hydrogen-bond acceptors (Lipinski definition) is 7. The van der Waals surface area contributed by atoms with E-state index in [9.17, 15) is 4.79 Å². The summed E-state index contributed by atoms with van der Waals surface area (Å²) in [4.78, 5) is 14.3. The highest BCUT2D eigenvalue weighted by Crippen LogP contribution is 2.31. The van der Waals surface area contributed by atoms with Crippen molar-refractivity contribution in [1.82, 2.24) is 15.1 Å². The zero-order valence-electron chi connectivity index (χ0n) is 13.7. The Morgan fingerprint density at radius 3 is 2.67 bits per heavy atom. The summed E-state index contributed by atoms with van der Waals surface area (Å²) < 4.78 is 5.94. The first kappa shape index (κ1) is 17.0. The van der Waals surface area contributed by atoms with Gasteiger partial charge in [0.1, 0.15) is 5.75 Å². The molecule has 24 heavy (non-hydrogen) atoms. The van der Waals surface area contributed by atoms with Gasteiger partial charge < -0.3 is 15.0 Å². The first-order valence-electron chi connectivity index (χ1n) is 7.86. The minimum atomic E-state index is -0.134. The van der Waals surface area contributed by atoms with Gasteiger partial charge in [-0.3, -0.25) is 4.79 Å². The molecule has 1 atom stereocenters. The molecule has 1 aliphatic heterocycles. The Labute approximate surface area is 149 Å². The molecule has 0 unspecified atom stereocenters. The number of aromatic nitrogens is 2. The summed E-state index contributed by atoms with van der Waals surface area (Å²) in [6.07, 6.45) is 2.22. The van der Waals surface area contributed by atoms with E-state index in [1.165, 1.54) is 23.1 Å².